The molecule has 1 radical (unpaired) electrons. The summed E-state index contributed by atoms with van der Waals surface area (Å²) in [7, 11) is 0. The molecule has 0 aliphatic heterocycles. The smallest absolute Gasteiger partial charge is 0.390 e. The summed E-state index contributed by atoms with van der Waals surface area (Å²) in [4.78, 5) is 4.87. The van der Waals surface area contributed by atoms with E-state index in [4.69, 9.17) is 16.4 Å². The van der Waals surface area contributed by atoms with Crippen molar-refractivity contribution in [3.63, 3.8) is 0 Å². The Balaban J connectivity index is 2.01. The molecule has 0 heterocycles. The molecule has 109 valence electrons. The molecule has 6 heteroatoms. The lowest BCUT2D eigenvalue weighted by Gasteiger charge is -2.11. The summed E-state index contributed by atoms with van der Waals surface area (Å²) in [5, 5.41) is 4.04. The van der Waals surface area contributed by atoms with Crippen LogP contribution in [-0.4, -0.2) is 6.21 Å². The molecule has 0 atom stereocenters. The minimum atomic E-state index is -4.42. The van der Waals surface area contributed by atoms with Crippen molar-refractivity contribution in [1.82, 2.24) is 0 Å². The Bertz CT molecular complexity index is 641. The van der Waals surface area contributed by atoms with Crippen molar-refractivity contribution in [3.8, 4) is 0 Å². The van der Waals surface area contributed by atoms with Crippen LogP contribution in [0.5, 0.6) is 0 Å². The maximum absolute atomic E-state index is 12.8. The third-order valence-corrected chi connectivity index (χ3v) is 2.84. The second kappa shape index (κ2) is 6.63. The fourth-order valence-electron chi connectivity index (χ4n) is 1.67. The summed E-state index contributed by atoms with van der Waals surface area (Å²) in [5.41, 5.74) is -0.142. The van der Waals surface area contributed by atoms with E-state index in [-0.39, 0.29) is 12.2 Å². The topological polar surface area (TPSA) is 21.6 Å². The number of benzene rings is 2. The van der Waals surface area contributed by atoms with E-state index in [9.17, 15) is 13.2 Å². The predicted octanol–water partition coefficient (Wildman–Crippen LogP) is 4.79. The van der Waals surface area contributed by atoms with Gasteiger partial charge in [-0.2, -0.15) is 13.2 Å². The van der Waals surface area contributed by atoms with Gasteiger partial charge in [-0.3, -0.25) is 0 Å². The Labute approximate surface area is 124 Å². The van der Waals surface area contributed by atoms with Gasteiger partial charge in [0.15, 0.2) is 0 Å². The molecule has 2 rings (SSSR count). The summed E-state index contributed by atoms with van der Waals surface area (Å²) in [6.45, 7) is -0.288. The highest BCUT2D eigenvalue weighted by Gasteiger charge is 2.32. The van der Waals surface area contributed by atoms with E-state index in [1.807, 2.05) is 0 Å². The number of nitrogens with zero attached hydrogens (tertiary/aromatic N) is 1. The minimum absolute atomic E-state index is 0.0154. The van der Waals surface area contributed by atoms with Crippen molar-refractivity contribution < 1.29 is 18.0 Å². The summed E-state index contributed by atoms with van der Waals surface area (Å²) in [6.07, 6.45) is -1.87. The monoisotopic (exact) mass is 312 g/mol. The zero-order chi connectivity index (χ0) is 15.3. The standard InChI is InChI=1S/C15H10ClF3NO/c16-13-6-3-4-11(8-13)9-20-21-10-12-5-1-2-7-14(12)15(17,18)19/h1-8H,10H2. The van der Waals surface area contributed by atoms with Gasteiger partial charge in [-0.25, -0.2) is 0 Å². The fraction of sp³-hybridized carbons (Fsp3) is 0.133. The number of rotatable bonds is 4. The molecule has 0 aliphatic rings. The van der Waals surface area contributed by atoms with Gasteiger partial charge in [-0.15, -0.1) is 0 Å². The Kier molecular flexibility index (Phi) is 4.85. The molecule has 0 saturated carbocycles. The van der Waals surface area contributed by atoms with Gasteiger partial charge in [0.05, 0.1) is 5.56 Å². The van der Waals surface area contributed by atoms with Crippen molar-refractivity contribution in [2.75, 3.05) is 0 Å². The first kappa shape index (κ1) is 15.4. The number of halogens is 4. The van der Waals surface area contributed by atoms with Gasteiger partial charge in [0.1, 0.15) is 12.8 Å². The molecule has 0 bridgehead atoms. The lowest BCUT2D eigenvalue weighted by molar-refractivity contribution is -0.138. The average Bonchev–Trinajstić information content (AvgIpc) is 2.43. The Morgan fingerprint density at radius 1 is 1.10 bits per heavy atom. The van der Waals surface area contributed by atoms with Crippen LogP contribution in [0.4, 0.5) is 13.2 Å². The third kappa shape index (κ3) is 4.49. The summed E-state index contributed by atoms with van der Waals surface area (Å²) in [6, 6.07) is 11.9. The largest absolute Gasteiger partial charge is 0.416 e. The summed E-state index contributed by atoms with van der Waals surface area (Å²) >= 11 is 5.78. The van der Waals surface area contributed by atoms with Gasteiger partial charge in [0.25, 0.3) is 0 Å². The number of hydrogen-bond donors (Lipinski definition) is 0. The maximum atomic E-state index is 12.8. The molecule has 0 fully saturated rings. The van der Waals surface area contributed by atoms with Crippen molar-refractivity contribution in [2.24, 2.45) is 5.16 Å². The molecule has 0 spiro atoms. The molecule has 0 aliphatic carbocycles. The molecular weight excluding hydrogens is 303 g/mol. The minimum Gasteiger partial charge on any atom is -0.390 e. The molecule has 0 saturated heterocycles. The highest BCUT2D eigenvalue weighted by atomic mass is 35.5. The van der Waals surface area contributed by atoms with Crippen LogP contribution in [0.3, 0.4) is 0 Å². The van der Waals surface area contributed by atoms with E-state index in [1.54, 1.807) is 24.3 Å². The van der Waals surface area contributed by atoms with E-state index in [2.05, 4.69) is 11.4 Å². The Hall–Kier alpha value is -2.01. The molecule has 0 N–H and O–H groups in total. The zero-order valence-corrected chi connectivity index (χ0v) is 11.4. The van der Waals surface area contributed by atoms with Gasteiger partial charge in [0, 0.05) is 16.1 Å². The Morgan fingerprint density at radius 2 is 1.86 bits per heavy atom. The van der Waals surface area contributed by atoms with Crippen LogP contribution >= 0.6 is 11.6 Å². The number of hydrogen-bond acceptors (Lipinski definition) is 2. The predicted molar refractivity (Wildman–Crippen MR) is 74.2 cm³/mol. The molecular formula is C15H10ClF3NO. The van der Waals surface area contributed by atoms with Crippen LogP contribution in [-0.2, 0) is 17.6 Å². The molecule has 2 aromatic rings. The molecule has 0 unspecified atom stereocenters. The highest BCUT2D eigenvalue weighted by Crippen LogP contribution is 2.32. The lowest BCUT2D eigenvalue weighted by atomic mass is 10.1. The van der Waals surface area contributed by atoms with Crippen LogP contribution < -0.4 is 0 Å². The van der Waals surface area contributed by atoms with E-state index in [1.165, 1.54) is 18.2 Å². The van der Waals surface area contributed by atoms with Crippen molar-refractivity contribution in [2.45, 2.75) is 12.8 Å². The van der Waals surface area contributed by atoms with Gasteiger partial charge in [0.2, 0.25) is 0 Å². The van der Waals surface area contributed by atoms with Crippen LogP contribution in [0.2, 0.25) is 5.02 Å². The van der Waals surface area contributed by atoms with Crippen LogP contribution in [0.25, 0.3) is 0 Å². The van der Waals surface area contributed by atoms with Gasteiger partial charge >= 0.3 is 6.18 Å². The van der Waals surface area contributed by atoms with E-state index < -0.39 is 11.7 Å². The van der Waals surface area contributed by atoms with Gasteiger partial charge in [-0.05, 0) is 18.2 Å². The summed E-state index contributed by atoms with van der Waals surface area (Å²) < 4.78 is 38.3. The quantitative estimate of drug-likeness (QED) is 0.588. The summed E-state index contributed by atoms with van der Waals surface area (Å²) in [5.74, 6) is 0. The van der Waals surface area contributed by atoms with Crippen LogP contribution in [0, 0.1) is 0 Å². The third-order valence-electron chi connectivity index (χ3n) is 2.61. The van der Waals surface area contributed by atoms with Crippen molar-refractivity contribution in [1.29, 1.82) is 0 Å². The van der Waals surface area contributed by atoms with Crippen molar-refractivity contribution >= 4 is 17.8 Å². The van der Waals surface area contributed by atoms with Crippen molar-refractivity contribution in [3.05, 3.63) is 70.2 Å². The molecule has 21 heavy (non-hydrogen) atoms. The van der Waals surface area contributed by atoms with E-state index in [0.717, 1.165) is 6.07 Å². The second-order valence-electron chi connectivity index (χ2n) is 4.14. The first-order valence-corrected chi connectivity index (χ1v) is 6.33. The van der Waals surface area contributed by atoms with E-state index >= 15 is 0 Å². The fourth-order valence-corrected chi connectivity index (χ4v) is 1.86. The van der Waals surface area contributed by atoms with Gasteiger partial charge < -0.3 is 4.84 Å². The average molecular weight is 313 g/mol. The SMILES string of the molecule is FC(F)(F)c1ccccc1CO/N=[C]\c1cccc(Cl)c1. The van der Waals surface area contributed by atoms with Crippen LogP contribution in [0.15, 0.2) is 53.7 Å². The lowest BCUT2D eigenvalue weighted by Crippen LogP contribution is -2.09. The normalized spacial score (nSPS) is 11.8. The zero-order valence-electron chi connectivity index (χ0n) is 10.7. The first-order chi connectivity index (χ1) is 9.97. The van der Waals surface area contributed by atoms with Gasteiger partial charge in [-0.1, -0.05) is 47.1 Å². The molecule has 0 aromatic heterocycles. The van der Waals surface area contributed by atoms with E-state index in [0.29, 0.717) is 10.6 Å². The first-order valence-electron chi connectivity index (χ1n) is 5.95. The second-order valence-corrected chi connectivity index (χ2v) is 4.58. The Morgan fingerprint density at radius 3 is 2.57 bits per heavy atom. The molecule has 2 nitrogen and oxygen atoms in total. The highest BCUT2D eigenvalue weighted by molar-refractivity contribution is 6.30. The number of alkyl halides is 3. The molecule has 2 aromatic carbocycles. The van der Waals surface area contributed by atoms with Crippen LogP contribution in [0.1, 0.15) is 16.7 Å². The maximum Gasteiger partial charge on any atom is 0.416 e. The molecule has 0 amide bonds.